The van der Waals surface area contributed by atoms with Crippen molar-refractivity contribution >= 4 is 21.7 Å². The van der Waals surface area contributed by atoms with Crippen LogP contribution in [0.4, 0.5) is 8.78 Å². The van der Waals surface area contributed by atoms with E-state index in [1.54, 1.807) is 36.4 Å². The highest BCUT2D eigenvalue weighted by Crippen LogP contribution is 2.55. The van der Waals surface area contributed by atoms with Crippen LogP contribution in [0.15, 0.2) is 65.2 Å². The Kier molecular flexibility index (Phi) is 3.68. The van der Waals surface area contributed by atoms with Gasteiger partial charge in [-0.25, -0.2) is 0 Å². The summed E-state index contributed by atoms with van der Waals surface area (Å²) in [4.78, 5) is 12.2. The molecule has 0 N–H and O–H groups in total. The first-order chi connectivity index (χ1) is 11.9. The number of hydrogen-bond acceptors (Lipinski definition) is 3. The Bertz CT molecular complexity index is 878. The molecule has 1 heterocycles. The second-order valence-electron chi connectivity index (χ2n) is 6.06. The Balaban J connectivity index is 1.83. The molecule has 2 aromatic carbocycles. The number of Topliss-reactive ketones (excluding diaryl/α,β-unsaturated/α-hetero) is 1. The number of alkyl halides is 2. The molecular formula is C19H13BrF2O3. The molecule has 0 unspecified atom stereocenters. The monoisotopic (exact) mass is 406 g/mol. The van der Waals surface area contributed by atoms with Crippen LogP contribution >= 0.6 is 15.9 Å². The van der Waals surface area contributed by atoms with E-state index in [2.05, 4.69) is 22.5 Å². The maximum atomic E-state index is 14.9. The van der Waals surface area contributed by atoms with E-state index in [4.69, 9.17) is 9.47 Å². The highest BCUT2D eigenvalue weighted by molar-refractivity contribution is 9.10. The lowest BCUT2D eigenvalue weighted by atomic mass is 9.98. The van der Waals surface area contributed by atoms with Crippen LogP contribution in [0.3, 0.4) is 0 Å². The van der Waals surface area contributed by atoms with Crippen LogP contribution in [-0.2, 0) is 15.3 Å². The number of carbonyl (C=O) groups excluding carboxylic acids is 1. The van der Waals surface area contributed by atoms with E-state index in [9.17, 15) is 13.6 Å². The summed E-state index contributed by atoms with van der Waals surface area (Å²) in [5, 5.41) is 0. The maximum absolute atomic E-state index is 14.9. The van der Waals surface area contributed by atoms with Crippen LogP contribution in [0.25, 0.3) is 0 Å². The molecule has 3 nitrogen and oxygen atoms in total. The van der Waals surface area contributed by atoms with Crippen molar-refractivity contribution in [1.29, 1.82) is 0 Å². The summed E-state index contributed by atoms with van der Waals surface area (Å²) < 4.78 is 41.9. The van der Waals surface area contributed by atoms with E-state index >= 15 is 0 Å². The first-order valence-electron chi connectivity index (χ1n) is 7.64. The SMILES string of the molecule is C=C1CO[C@]2(O[C@H]1c1ccc(Br)cc1)c1ccccc1C(=O)C2(F)F. The third-order valence-corrected chi connectivity index (χ3v) is 5.04. The largest absolute Gasteiger partial charge is 0.366 e. The molecule has 2 aromatic rings. The van der Waals surface area contributed by atoms with E-state index < -0.39 is 23.6 Å². The fraction of sp³-hybridized carbons (Fsp3) is 0.211. The van der Waals surface area contributed by atoms with E-state index in [0.29, 0.717) is 11.1 Å². The molecule has 0 amide bonds. The molecule has 0 radical (unpaired) electrons. The van der Waals surface area contributed by atoms with Crippen molar-refractivity contribution in [2.75, 3.05) is 6.61 Å². The molecule has 1 spiro atoms. The number of benzene rings is 2. The Morgan fingerprint density at radius 1 is 1.12 bits per heavy atom. The van der Waals surface area contributed by atoms with Crippen LogP contribution in [0.2, 0.25) is 0 Å². The van der Waals surface area contributed by atoms with Crippen molar-refractivity contribution in [3.63, 3.8) is 0 Å². The molecule has 0 bridgehead atoms. The standard InChI is InChI=1S/C19H13BrF2O3/c1-11-10-24-19(25-16(11)12-6-8-13(20)9-7-12)15-5-3-2-4-14(15)17(23)18(19,21)22/h2-9,16H,1,10H2/t16-,19+/m1/s1. The molecular weight excluding hydrogens is 394 g/mol. The molecule has 4 rings (SSSR count). The van der Waals surface area contributed by atoms with E-state index in [1.165, 1.54) is 12.1 Å². The number of hydrogen-bond donors (Lipinski definition) is 0. The van der Waals surface area contributed by atoms with E-state index in [0.717, 1.165) is 4.47 Å². The summed E-state index contributed by atoms with van der Waals surface area (Å²) in [7, 11) is 0. The molecule has 0 saturated carbocycles. The zero-order valence-electron chi connectivity index (χ0n) is 13.0. The Hall–Kier alpha value is -1.89. The van der Waals surface area contributed by atoms with Crippen LogP contribution < -0.4 is 0 Å². The van der Waals surface area contributed by atoms with Crippen LogP contribution in [-0.4, -0.2) is 18.3 Å². The molecule has 1 aliphatic heterocycles. The summed E-state index contributed by atoms with van der Waals surface area (Å²) in [5.74, 6) is -7.53. The molecule has 1 fully saturated rings. The van der Waals surface area contributed by atoms with Crippen molar-refractivity contribution in [3.8, 4) is 0 Å². The van der Waals surface area contributed by atoms with Gasteiger partial charge in [-0.3, -0.25) is 4.79 Å². The average Bonchev–Trinajstić information content (AvgIpc) is 2.77. The van der Waals surface area contributed by atoms with Crippen molar-refractivity contribution in [2.45, 2.75) is 17.8 Å². The van der Waals surface area contributed by atoms with Crippen LogP contribution in [0.1, 0.15) is 27.6 Å². The minimum absolute atomic E-state index is 0.0552. The van der Waals surface area contributed by atoms with Gasteiger partial charge in [0.2, 0.25) is 5.78 Å². The maximum Gasteiger partial charge on any atom is 0.366 e. The third-order valence-electron chi connectivity index (χ3n) is 4.51. The lowest BCUT2D eigenvalue weighted by molar-refractivity contribution is -0.352. The molecule has 1 saturated heterocycles. The first kappa shape index (κ1) is 16.6. The van der Waals surface area contributed by atoms with Crippen molar-refractivity contribution in [2.24, 2.45) is 0 Å². The number of fused-ring (bicyclic) bond motifs is 2. The third kappa shape index (κ3) is 2.25. The summed E-state index contributed by atoms with van der Waals surface area (Å²) in [6, 6.07) is 13.0. The Labute approximate surface area is 151 Å². The van der Waals surface area contributed by atoms with Gasteiger partial charge in [0.25, 0.3) is 5.79 Å². The number of ether oxygens (including phenoxy) is 2. The smallest absolute Gasteiger partial charge is 0.336 e. The normalized spacial score (nSPS) is 27.6. The van der Waals surface area contributed by atoms with Crippen molar-refractivity contribution in [3.05, 3.63) is 81.8 Å². The topological polar surface area (TPSA) is 35.5 Å². The van der Waals surface area contributed by atoms with E-state index in [1.807, 2.05) is 0 Å². The molecule has 0 aromatic heterocycles. The van der Waals surface area contributed by atoms with Gasteiger partial charge in [-0.15, -0.1) is 0 Å². The second kappa shape index (κ2) is 5.56. The van der Waals surface area contributed by atoms with Gasteiger partial charge in [0.05, 0.1) is 6.61 Å². The second-order valence-corrected chi connectivity index (χ2v) is 6.98. The zero-order chi connectivity index (χ0) is 17.8. The number of ketones is 1. The fourth-order valence-electron chi connectivity index (χ4n) is 3.26. The predicted molar refractivity (Wildman–Crippen MR) is 90.5 cm³/mol. The highest BCUT2D eigenvalue weighted by atomic mass is 79.9. The minimum Gasteiger partial charge on any atom is -0.336 e. The van der Waals surface area contributed by atoms with Gasteiger partial charge in [0.15, 0.2) is 0 Å². The summed E-state index contributed by atoms with van der Waals surface area (Å²) in [5.41, 5.74) is 1.17. The molecule has 128 valence electrons. The Morgan fingerprint density at radius 3 is 2.52 bits per heavy atom. The van der Waals surface area contributed by atoms with Crippen LogP contribution in [0.5, 0.6) is 0 Å². The van der Waals surface area contributed by atoms with Crippen LogP contribution in [0, 0.1) is 0 Å². The number of rotatable bonds is 1. The zero-order valence-corrected chi connectivity index (χ0v) is 14.6. The molecule has 2 atom stereocenters. The Morgan fingerprint density at radius 2 is 1.80 bits per heavy atom. The highest BCUT2D eigenvalue weighted by Gasteiger charge is 2.70. The number of halogens is 3. The van der Waals surface area contributed by atoms with Crippen molar-refractivity contribution in [1.82, 2.24) is 0 Å². The first-order valence-corrected chi connectivity index (χ1v) is 8.43. The molecule has 2 aliphatic rings. The molecule has 25 heavy (non-hydrogen) atoms. The fourth-order valence-corrected chi connectivity index (χ4v) is 3.52. The van der Waals surface area contributed by atoms with Gasteiger partial charge in [0, 0.05) is 15.6 Å². The molecule has 1 aliphatic carbocycles. The lowest BCUT2D eigenvalue weighted by Gasteiger charge is -2.42. The quantitative estimate of drug-likeness (QED) is 0.639. The van der Waals surface area contributed by atoms with Gasteiger partial charge >= 0.3 is 5.92 Å². The van der Waals surface area contributed by atoms with Gasteiger partial charge in [-0.1, -0.05) is 58.9 Å². The van der Waals surface area contributed by atoms with Gasteiger partial charge < -0.3 is 9.47 Å². The summed E-state index contributed by atoms with van der Waals surface area (Å²) in [6.07, 6.45) is -0.799. The summed E-state index contributed by atoms with van der Waals surface area (Å²) in [6.45, 7) is 3.75. The van der Waals surface area contributed by atoms with Gasteiger partial charge in [-0.2, -0.15) is 8.78 Å². The average molecular weight is 407 g/mol. The van der Waals surface area contributed by atoms with Gasteiger partial charge in [0.1, 0.15) is 6.10 Å². The molecule has 6 heteroatoms. The van der Waals surface area contributed by atoms with Gasteiger partial charge in [-0.05, 0) is 23.3 Å². The summed E-state index contributed by atoms with van der Waals surface area (Å²) >= 11 is 3.34. The predicted octanol–water partition coefficient (Wildman–Crippen LogP) is 4.78. The van der Waals surface area contributed by atoms with E-state index in [-0.39, 0.29) is 17.7 Å². The number of carbonyl (C=O) groups is 1. The minimum atomic E-state index is -3.81. The lowest BCUT2D eigenvalue weighted by Crippen LogP contribution is -2.52. The van der Waals surface area contributed by atoms with Crippen molar-refractivity contribution < 1.29 is 23.0 Å².